The van der Waals surface area contributed by atoms with E-state index in [2.05, 4.69) is 19.2 Å². The summed E-state index contributed by atoms with van der Waals surface area (Å²) in [6.45, 7) is 3.74. The van der Waals surface area contributed by atoms with Crippen LogP contribution in [0.1, 0.15) is 31.9 Å². The van der Waals surface area contributed by atoms with Gasteiger partial charge in [0.25, 0.3) is 10.0 Å². The summed E-state index contributed by atoms with van der Waals surface area (Å²) in [6.07, 6.45) is 0.715. The van der Waals surface area contributed by atoms with Crippen LogP contribution >= 0.6 is 0 Å². The van der Waals surface area contributed by atoms with Crippen LogP contribution in [0.3, 0.4) is 0 Å². The van der Waals surface area contributed by atoms with Gasteiger partial charge < -0.3 is 5.32 Å². The Hall–Kier alpha value is -3.19. The van der Waals surface area contributed by atoms with Gasteiger partial charge in [0, 0.05) is 11.1 Å². The molecular weight excluding hydrogens is 427 g/mol. The molecule has 1 atom stereocenters. The third-order valence-electron chi connectivity index (χ3n) is 5.50. The van der Waals surface area contributed by atoms with E-state index in [-0.39, 0.29) is 10.9 Å². The van der Waals surface area contributed by atoms with Crippen molar-refractivity contribution in [3.05, 3.63) is 84.2 Å². The van der Waals surface area contributed by atoms with Crippen molar-refractivity contribution >= 4 is 21.6 Å². The van der Waals surface area contributed by atoms with Gasteiger partial charge in [-0.05, 0) is 42.2 Å². The predicted molar refractivity (Wildman–Crippen MR) is 123 cm³/mol. The van der Waals surface area contributed by atoms with Gasteiger partial charge in [0.15, 0.2) is 0 Å². The van der Waals surface area contributed by atoms with Gasteiger partial charge in [-0.2, -0.15) is 0 Å². The van der Waals surface area contributed by atoms with Crippen molar-refractivity contribution in [2.24, 2.45) is 5.92 Å². The molecule has 5 nitrogen and oxygen atoms in total. The average molecular weight is 453 g/mol. The summed E-state index contributed by atoms with van der Waals surface area (Å²) in [7, 11) is -3.98. The van der Waals surface area contributed by atoms with E-state index in [0.29, 0.717) is 29.2 Å². The Bertz CT molecular complexity index is 1240. The van der Waals surface area contributed by atoms with Gasteiger partial charge in [0.1, 0.15) is 12.4 Å². The molecule has 32 heavy (non-hydrogen) atoms. The Labute approximate surface area is 187 Å². The Morgan fingerprint density at radius 1 is 0.969 bits per heavy atom. The zero-order chi connectivity index (χ0) is 22.9. The van der Waals surface area contributed by atoms with Crippen LogP contribution in [0.15, 0.2) is 77.7 Å². The van der Waals surface area contributed by atoms with Gasteiger partial charge in [-0.3, -0.25) is 9.10 Å². The highest BCUT2D eigenvalue weighted by Gasteiger charge is 2.36. The highest BCUT2D eigenvalue weighted by atomic mass is 32.2. The maximum absolute atomic E-state index is 14.0. The van der Waals surface area contributed by atoms with E-state index in [1.807, 2.05) is 30.3 Å². The highest BCUT2D eigenvalue weighted by molar-refractivity contribution is 7.93. The molecule has 0 saturated carbocycles. The summed E-state index contributed by atoms with van der Waals surface area (Å²) >= 11 is 0. The van der Waals surface area contributed by atoms with Crippen molar-refractivity contribution in [1.82, 2.24) is 5.32 Å². The van der Waals surface area contributed by atoms with E-state index in [9.17, 15) is 17.6 Å². The molecule has 0 bridgehead atoms. The summed E-state index contributed by atoms with van der Waals surface area (Å²) in [4.78, 5) is 13.1. The fourth-order valence-corrected chi connectivity index (χ4v) is 5.73. The Kier molecular flexibility index (Phi) is 6.02. The number of halogens is 1. The first-order chi connectivity index (χ1) is 15.3. The number of hydrogen-bond acceptors (Lipinski definition) is 3. The number of anilines is 1. The van der Waals surface area contributed by atoms with E-state index in [4.69, 9.17) is 0 Å². The minimum absolute atomic E-state index is 0.0627. The SMILES string of the molecule is CC(C)CC(NC(=O)CN1c2ccc(F)cc2-c2ccccc2S1(=O)=O)c1ccccc1. The Morgan fingerprint density at radius 2 is 1.66 bits per heavy atom. The predicted octanol–water partition coefficient (Wildman–Crippen LogP) is 4.91. The molecule has 1 N–H and O–H groups in total. The maximum Gasteiger partial charge on any atom is 0.265 e. The lowest BCUT2D eigenvalue weighted by Gasteiger charge is -2.32. The second-order valence-corrected chi connectivity index (χ2v) is 10.2. The molecule has 1 heterocycles. The number of carbonyl (C=O) groups excluding carboxylic acids is 1. The van der Waals surface area contributed by atoms with Crippen molar-refractivity contribution in [3.8, 4) is 11.1 Å². The summed E-state index contributed by atoms with van der Waals surface area (Å²) < 4.78 is 41.8. The summed E-state index contributed by atoms with van der Waals surface area (Å²) in [5.74, 6) is -0.559. The van der Waals surface area contributed by atoms with Gasteiger partial charge >= 0.3 is 0 Å². The largest absolute Gasteiger partial charge is 0.348 e. The molecule has 1 aliphatic heterocycles. The number of fused-ring (bicyclic) bond motifs is 3. The van der Waals surface area contributed by atoms with E-state index >= 15 is 0 Å². The van der Waals surface area contributed by atoms with Crippen LogP contribution in [0.5, 0.6) is 0 Å². The van der Waals surface area contributed by atoms with Crippen LogP contribution < -0.4 is 9.62 Å². The van der Waals surface area contributed by atoms with Gasteiger partial charge in [0.05, 0.1) is 16.6 Å². The lowest BCUT2D eigenvalue weighted by Crippen LogP contribution is -2.43. The first-order valence-electron chi connectivity index (χ1n) is 10.5. The van der Waals surface area contributed by atoms with Crippen molar-refractivity contribution in [2.45, 2.75) is 31.2 Å². The molecule has 7 heteroatoms. The van der Waals surface area contributed by atoms with E-state index in [1.165, 1.54) is 24.3 Å². The van der Waals surface area contributed by atoms with Crippen molar-refractivity contribution in [2.75, 3.05) is 10.8 Å². The second-order valence-electron chi connectivity index (χ2n) is 8.33. The molecule has 3 aromatic carbocycles. The summed E-state index contributed by atoms with van der Waals surface area (Å²) in [6, 6.07) is 19.8. The van der Waals surface area contributed by atoms with Gasteiger partial charge in [-0.1, -0.05) is 62.4 Å². The minimum atomic E-state index is -3.98. The fourth-order valence-electron chi connectivity index (χ4n) is 4.08. The van der Waals surface area contributed by atoms with Crippen molar-refractivity contribution in [1.29, 1.82) is 0 Å². The normalized spacial score (nSPS) is 15.1. The third-order valence-corrected chi connectivity index (χ3v) is 7.32. The van der Waals surface area contributed by atoms with E-state index in [0.717, 1.165) is 9.87 Å². The molecular formula is C25H25FN2O3S. The fraction of sp³-hybridized carbons (Fsp3) is 0.240. The molecule has 0 aromatic heterocycles. The topological polar surface area (TPSA) is 66.5 Å². The molecule has 166 valence electrons. The lowest BCUT2D eigenvalue weighted by atomic mass is 9.97. The number of rotatable bonds is 6. The number of sulfonamides is 1. The van der Waals surface area contributed by atoms with E-state index < -0.39 is 28.3 Å². The maximum atomic E-state index is 14.0. The third kappa shape index (κ3) is 4.25. The van der Waals surface area contributed by atoms with Gasteiger partial charge in [0.2, 0.25) is 5.91 Å². The van der Waals surface area contributed by atoms with Crippen molar-refractivity contribution < 1.29 is 17.6 Å². The van der Waals surface area contributed by atoms with Crippen LogP contribution in [0.25, 0.3) is 11.1 Å². The standard InChI is InChI=1S/C25H25FN2O3S/c1-17(2)14-22(18-8-4-3-5-9-18)27-25(29)16-28-23-13-12-19(26)15-21(23)20-10-6-7-11-24(20)32(28,30)31/h3-13,15,17,22H,14,16H2,1-2H3,(H,27,29). The molecule has 0 radical (unpaired) electrons. The monoisotopic (exact) mass is 452 g/mol. The van der Waals surface area contributed by atoms with Crippen LogP contribution in [0.4, 0.5) is 10.1 Å². The second kappa shape index (κ2) is 8.74. The number of carbonyl (C=O) groups is 1. The quantitative estimate of drug-likeness (QED) is 0.578. The average Bonchev–Trinajstić information content (AvgIpc) is 2.77. The highest BCUT2D eigenvalue weighted by Crippen LogP contribution is 2.43. The van der Waals surface area contributed by atoms with Crippen LogP contribution in [-0.2, 0) is 14.8 Å². The number of benzene rings is 3. The van der Waals surface area contributed by atoms with Gasteiger partial charge in [-0.25, -0.2) is 12.8 Å². The molecule has 4 rings (SSSR count). The zero-order valence-electron chi connectivity index (χ0n) is 18.0. The molecule has 0 aliphatic carbocycles. The number of nitrogens with one attached hydrogen (secondary N) is 1. The first kappa shape index (κ1) is 22.0. The van der Waals surface area contributed by atoms with Crippen LogP contribution in [-0.4, -0.2) is 20.9 Å². The van der Waals surface area contributed by atoms with E-state index in [1.54, 1.807) is 18.2 Å². The molecule has 3 aromatic rings. The summed E-state index contributed by atoms with van der Waals surface area (Å²) in [5.41, 5.74) is 2.13. The zero-order valence-corrected chi connectivity index (χ0v) is 18.8. The number of amides is 1. The molecule has 0 saturated heterocycles. The molecule has 0 fully saturated rings. The summed E-state index contributed by atoms with van der Waals surface area (Å²) in [5, 5.41) is 3.00. The lowest BCUT2D eigenvalue weighted by molar-refractivity contribution is -0.120. The number of nitrogens with zero attached hydrogens (tertiary/aromatic N) is 1. The molecule has 1 unspecified atom stereocenters. The Morgan fingerprint density at radius 3 is 2.38 bits per heavy atom. The number of hydrogen-bond donors (Lipinski definition) is 1. The van der Waals surface area contributed by atoms with Gasteiger partial charge in [-0.15, -0.1) is 0 Å². The first-order valence-corrected chi connectivity index (χ1v) is 12.0. The Balaban J connectivity index is 1.67. The minimum Gasteiger partial charge on any atom is -0.348 e. The van der Waals surface area contributed by atoms with Crippen molar-refractivity contribution in [3.63, 3.8) is 0 Å². The molecule has 1 amide bonds. The van der Waals surface area contributed by atoms with Crippen LogP contribution in [0.2, 0.25) is 0 Å². The molecule has 1 aliphatic rings. The molecule has 0 spiro atoms. The smallest absolute Gasteiger partial charge is 0.265 e. The van der Waals surface area contributed by atoms with Crippen LogP contribution in [0, 0.1) is 11.7 Å².